The van der Waals surface area contributed by atoms with E-state index in [2.05, 4.69) is 77.8 Å². The summed E-state index contributed by atoms with van der Waals surface area (Å²) in [5, 5.41) is 11.3. The van der Waals surface area contributed by atoms with Gasteiger partial charge in [-0.05, 0) is 40.5 Å². The zero-order valence-electron chi connectivity index (χ0n) is 17.7. The zero-order chi connectivity index (χ0) is 22.2. The number of hydrogen-bond acceptors (Lipinski definition) is 3. The van der Waals surface area contributed by atoms with Gasteiger partial charge in [0.1, 0.15) is 11.2 Å². The topological polar surface area (TPSA) is 49.8 Å². The molecule has 0 bridgehead atoms. The normalized spacial score (nSPS) is 11.0. The average molecular weight is 422 g/mol. The van der Waals surface area contributed by atoms with Gasteiger partial charge in [0.05, 0.1) is 11.6 Å². The van der Waals surface area contributed by atoms with E-state index in [1.165, 1.54) is 0 Å². The predicted octanol–water partition coefficient (Wildman–Crippen LogP) is 7.85. The molecule has 154 valence electrons. The average Bonchev–Trinajstić information content (AvgIpc) is 3.28. The molecule has 0 saturated carbocycles. The van der Waals surface area contributed by atoms with Crippen LogP contribution in [0.1, 0.15) is 5.56 Å². The molecular formula is C30H18N2O. The lowest BCUT2D eigenvalue weighted by Gasteiger charge is -2.05. The maximum Gasteiger partial charge on any atom is 0.143 e. The van der Waals surface area contributed by atoms with Crippen LogP contribution >= 0.6 is 0 Å². The fourth-order valence-electron chi connectivity index (χ4n) is 4.37. The van der Waals surface area contributed by atoms with Crippen LogP contribution in [-0.4, -0.2) is 4.98 Å². The van der Waals surface area contributed by atoms with Gasteiger partial charge in [0.15, 0.2) is 0 Å². The molecule has 0 spiro atoms. The highest BCUT2D eigenvalue weighted by Gasteiger charge is 2.15. The number of pyridine rings is 1. The first-order chi connectivity index (χ1) is 16.3. The number of aromatic nitrogens is 1. The number of nitriles is 1. The monoisotopic (exact) mass is 422 g/mol. The Morgan fingerprint density at radius 2 is 1.15 bits per heavy atom. The van der Waals surface area contributed by atoms with Gasteiger partial charge < -0.3 is 4.42 Å². The Kier molecular flexibility index (Phi) is 4.49. The van der Waals surface area contributed by atoms with Crippen LogP contribution < -0.4 is 0 Å². The second kappa shape index (κ2) is 7.78. The number of furan rings is 1. The molecule has 0 aliphatic rings. The molecule has 0 amide bonds. The molecule has 2 aromatic heterocycles. The molecule has 0 saturated heterocycles. The number of rotatable bonds is 3. The largest absolute Gasteiger partial charge is 0.455 e. The van der Waals surface area contributed by atoms with Gasteiger partial charge in [-0.3, -0.25) is 4.98 Å². The minimum atomic E-state index is 0.646. The lowest BCUT2D eigenvalue weighted by Crippen LogP contribution is -1.82. The number of para-hydroxylation sites is 2. The SMILES string of the molecule is N#Cc1ccc(-c2cccc3c2oc2c(-c4ccc(-c5cccnc5)cc4)cccc23)cc1. The molecule has 0 aliphatic carbocycles. The fourth-order valence-corrected chi connectivity index (χ4v) is 4.37. The lowest BCUT2D eigenvalue weighted by atomic mass is 9.98. The standard InChI is InChI=1S/C30H18N2O/c31-18-20-9-11-22(12-10-20)25-5-1-7-27-28-8-2-6-26(30(28)33-29(25)27)23-15-13-21(14-16-23)24-4-3-17-32-19-24/h1-17,19H. The van der Waals surface area contributed by atoms with Gasteiger partial charge in [0, 0.05) is 34.3 Å². The second-order valence-electron chi connectivity index (χ2n) is 7.97. The number of fused-ring (bicyclic) bond motifs is 3. The van der Waals surface area contributed by atoms with Crippen molar-refractivity contribution in [3.8, 4) is 39.4 Å². The van der Waals surface area contributed by atoms with Crippen molar-refractivity contribution in [1.82, 2.24) is 4.98 Å². The summed E-state index contributed by atoms with van der Waals surface area (Å²) in [7, 11) is 0. The minimum absolute atomic E-state index is 0.646. The second-order valence-corrected chi connectivity index (χ2v) is 7.97. The van der Waals surface area contributed by atoms with Gasteiger partial charge in [-0.1, -0.05) is 78.9 Å². The highest BCUT2D eigenvalue weighted by Crippen LogP contribution is 2.40. The summed E-state index contributed by atoms with van der Waals surface area (Å²) >= 11 is 0. The van der Waals surface area contributed by atoms with Crippen LogP contribution in [0.15, 0.2) is 114 Å². The molecule has 0 atom stereocenters. The number of benzene rings is 4. The van der Waals surface area contributed by atoms with Gasteiger partial charge in [-0.2, -0.15) is 5.26 Å². The van der Waals surface area contributed by atoms with E-state index in [1.54, 1.807) is 6.20 Å². The first-order valence-electron chi connectivity index (χ1n) is 10.8. The Labute approximate surface area is 191 Å². The van der Waals surface area contributed by atoms with E-state index in [0.717, 1.165) is 55.3 Å². The van der Waals surface area contributed by atoms with Crippen molar-refractivity contribution < 1.29 is 4.42 Å². The van der Waals surface area contributed by atoms with Crippen LogP contribution in [0.3, 0.4) is 0 Å². The third-order valence-electron chi connectivity index (χ3n) is 6.04. The summed E-state index contributed by atoms with van der Waals surface area (Å²) in [6.07, 6.45) is 3.66. The Balaban J connectivity index is 1.49. The van der Waals surface area contributed by atoms with E-state index in [4.69, 9.17) is 9.68 Å². The van der Waals surface area contributed by atoms with Gasteiger partial charge in [-0.25, -0.2) is 0 Å². The van der Waals surface area contributed by atoms with Gasteiger partial charge in [-0.15, -0.1) is 0 Å². The van der Waals surface area contributed by atoms with Crippen LogP contribution in [0.5, 0.6) is 0 Å². The summed E-state index contributed by atoms with van der Waals surface area (Å²) < 4.78 is 6.52. The Hall–Kier alpha value is -4.68. The molecule has 0 N–H and O–H groups in total. The van der Waals surface area contributed by atoms with Crippen molar-refractivity contribution in [3.63, 3.8) is 0 Å². The van der Waals surface area contributed by atoms with Gasteiger partial charge >= 0.3 is 0 Å². The van der Waals surface area contributed by atoms with Crippen molar-refractivity contribution in [1.29, 1.82) is 5.26 Å². The van der Waals surface area contributed by atoms with Crippen LogP contribution in [0.25, 0.3) is 55.3 Å². The molecule has 0 aliphatic heterocycles. The summed E-state index contributed by atoms with van der Waals surface area (Å²) in [5.74, 6) is 0. The quantitative estimate of drug-likeness (QED) is 0.292. The minimum Gasteiger partial charge on any atom is -0.455 e. The number of hydrogen-bond donors (Lipinski definition) is 0. The van der Waals surface area contributed by atoms with Crippen LogP contribution in [-0.2, 0) is 0 Å². The van der Waals surface area contributed by atoms with E-state index >= 15 is 0 Å². The van der Waals surface area contributed by atoms with Crippen LogP contribution in [0.2, 0.25) is 0 Å². The molecule has 6 aromatic rings. The summed E-state index contributed by atoms with van der Waals surface area (Å²) in [5.41, 5.74) is 8.82. The van der Waals surface area contributed by atoms with Crippen molar-refractivity contribution in [2.45, 2.75) is 0 Å². The summed E-state index contributed by atoms with van der Waals surface area (Å²) in [6, 6.07) is 34.8. The molecule has 3 nitrogen and oxygen atoms in total. The first kappa shape index (κ1) is 19.0. The van der Waals surface area contributed by atoms with Gasteiger partial charge in [0.2, 0.25) is 0 Å². The molecule has 4 aromatic carbocycles. The molecule has 0 radical (unpaired) electrons. The Morgan fingerprint density at radius 1 is 0.576 bits per heavy atom. The first-order valence-corrected chi connectivity index (χ1v) is 10.8. The number of nitrogens with zero attached hydrogens (tertiary/aromatic N) is 2. The van der Waals surface area contributed by atoms with E-state index in [9.17, 15) is 0 Å². The van der Waals surface area contributed by atoms with Crippen molar-refractivity contribution in [3.05, 3.63) is 115 Å². The van der Waals surface area contributed by atoms with Crippen molar-refractivity contribution >= 4 is 21.9 Å². The predicted molar refractivity (Wildman–Crippen MR) is 133 cm³/mol. The fraction of sp³-hybridized carbons (Fsp3) is 0. The molecule has 2 heterocycles. The van der Waals surface area contributed by atoms with E-state index in [0.29, 0.717) is 5.56 Å². The molecular weight excluding hydrogens is 404 g/mol. The maximum absolute atomic E-state index is 9.12. The smallest absolute Gasteiger partial charge is 0.143 e. The molecule has 3 heteroatoms. The third-order valence-corrected chi connectivity index (χ3v) is 6.04. The van der Waals surface area contributed by atoms with E-state index in [1.807, 2.05) is 36.5 Å². The van der Waals surface area contributed by atoms with Crippen LogP contribution in [0.4, 0.5) is 0 Å². The van der Waals surface area contributed by atoms with Crippen LogP contribution in [0, 0.1) is 11.3 Å². The molecule has 6 rings (SSSR count). The van der Waals surface area contributed by atoms with E-state index in [-0.39, 0.29) is 0 Å². The summed E-state index contributed by atoms with van der Waals surface area (Å²) in [6.45, 7) is 0. The Morgan fingerprint density at radius 3 is 1.70 bits per heavy atom. The third kappa shape index (κ3) is 3.26. The highest BCUT2D eigenvalue weighted by atomic mass is 16.3. The van der Waals surface area contributed by atoms with E-state index < -0.39 is 0 Å². The highest BCUT2D eigenvalue weighted by molar-refractivity contribution is 6.13. The van der Waals surface area contributed by atoms with Crippen molar-refractivity contribution in [2.75, 3.05) is 0 Å². The molecule has 0 unspecified atom stereocenters. The maximum atomic E-state index is 9.12. The molecule has 33 heavy (non-hydrogen) atoms. The van der Waals surface area contributed by atoms with Gasteiger partial charge in [0.25, 0.3) is 0 Å². The lowest BCUT2D eigenvalue weighted by molar-refractivity contribution is 0.671. The zero-order valence-corrected chi connectivity index (χ0v) is 17.7. The Bertz CT molecular complexity index is 1640. The summed E-state index contributed by atoms with van der Waals surface area (Å²) in [4.78, 5) is 4.22. The molecule has 0 fully saturated rings. The van der Waals surface area contributed by atoms with Crippen molar-refractivity contribution in [2.24, 2.45) is 0 Å².